The lowest BCUT2D eigenvalue weighted by atomic mass is 10.2. The number of aromatic nitrogens is 4. The van der Waals surface area contributed by atoms with Crippen LogP contribution in [0.2, 0.25) is 0 Å². The molecule has 158 valence electrons. The van der Waals surface area contributed by atoms with Crippen molar-refractivity contribution in [3.63, 3.8) is 0 Å². The molecule has 10 nitrogen and oxygen atoms in total. The van der Waals surface area contributed by atoms with E-state index in [4.69, 9.17) is 4.74 Å². The summed E-state index contributed by atoms with van der Waals surface area (Å²) in [6, 6.07) is 5.44. The highest BCUT2D eigenvalue weighted by atomic mass is 32.1. The summed E-state index contributed by atoms with van der Waals surface area (Å²) in [5.74, 6) is 0.361. The Labute approximate surface area is 175 Å². The van der Waals surface area contributed by atoms with Crippen molar-refractivity contribution in [3.05, 3.63) is 52.9 Å². The Kier molecular flexibility index (Phi) is 6.57. The average Bonchev–Trinajstić information content (AvgIpc) is 3.27. The molecule has 0 bridgehead atoms. The van der Waals surface area contributed by atoms with Gasteiger partial charge in [-0.1, -0.05) is 12.1 Å². The highest BCUT2D eigenvalue weighted by Gasteiger charge is 2.18. The van der Waals surface area contributed by atoms with E-state index in [0.29, 0.717) is 28.5 Å². The van der Waals surface area contributed by atoms with Crippen molar-refractivity contribution in [1.29, 1.82) is 0 Å². The number of anilines is 1. The zero-order valence-corrected chi connectivity index (χ0v) is 17.3. The third-order valence-corrected chi connectivity index (χ3v) is 4.64. The van der Waals surface area contributed by atoms with Gasteiger partial charge in [0.25, 0.3) is 0 Å². The number of ether oxygens (including phenoxy) is 1. The van der Waals surface area contributed by atoms with Gasteiger partial charge in [0, 0.05) is 25.1 Å². The number of rotatable bonds is 6. The van der Waals surface area contributed by atoms with E-state index in [0.717, 1.165) is 11.5 Å². The van der Waals surface area contributed by atoms with E-state index in [2.05, 4.69) is 30.2 Å². The molecule has 0 fully saturated rings. The van der Waals surface area contributed by atoms with Gasteiger partial charge in [0.2, 0.25) is 5.13 Å². The Bertz CT molecular complexity index is 1030. The van der Waals surface area contributed by atoms with Crippen LogP contribution in [-0.2, 0) is 13.1 Å². The van der Waals surface area contributed by atoms with E-state index in [1.54, 1.807) is 33.0 Å². The maximum absolute atomic E-state index is 13.2. The average molecular weight is 433 g/mol. The van der Waals surface area contributed by atoms with Crippen LogP contribution < -0.4 is 15.4 Å². The number of nitrogens with zero attached hydrogens (tertiary/aromatic N) is 4. The molecule has 3 aromatic rings. The van der Waals surface area contributed by atoms with Crippen molar-refractivity contribution in [2.75, 3.05) is 12.4 Å². The highest BCUT2D eigenvalue weighted by Crippen LogP contribution is 2.20. The number of carbonyl (C=O) groups is 2. The number of aromatic amines is 1. The fraction of sp³-hybridized carbons (Fsp3) is 0.278. The van der Waals surface area contributed by atoms with Crippen molar-refractivity contribution in [1.82, 2.24) is 29.8 Å². The van der Waals surface area contributed by atoms with Gasteiger partial charge in [-0.25, -0.2) is 19.0 Å². The van der Waals surface area contributed by atoms with E-state index >= 15 is 0 Å². The molecule has 0 saturated carbocycles. The first-order valence-corrected chi connectivity index (χ1v) is 9.65. The van der Waals surface area contributed by atoms with E-state index in [9.17, 15) is 14.0 Å². The normalized spacial score (nSPS) is 10.5. The number of amides is 3. The maximum Gasteiger partial charge on any atom is 0.415 e. The van der Waals surface area contributed by atoms with Crippen molar-refractivity contribution in [2.24, 2.45) is 0 Å². The lowest BCUT2D eigenvalue weighted by Crippen LogP contribution is -2.30. The number of hydrogen-bond acceptors (Lipinski definition) is 7. The second kappa shape index (κ2) is 9.31. The standard InChI is InChI=1S/C18H20FN7O3S/c1-10-15(11(2)24-23-10)29-18(28)26(3)9-14-21-17(30-25-14)22-16(27)20-8-12-5-4-6-13(19)7-12/h4-7H,8-9H2,1-3H3,(H,23,24)(H2,20,21,22,25,27). The van der Waals surface area contributed by atoms with E-state index < -0.39 is 12.1 Å². The summed E-state index contributed by atoms with van der Waals surface area (Å²) in [4.78, 5) is 29.7. The molecule has 12 heteroatoms. The zero-order valence-electron chi connectivity index (χ0n) is 16.5. The molecule has 30 heavy (non-hydrogen) atoms. The van der Waals surface area contributed by atoms with E-state index in [1.165, 1.54) is 17.0 Å². The lowest BCUT2D eigenvalue weighted by Gasteiger charge is -2.14. The summed E-state index contributed by atoms with van der Waals surface area (Å²) in [5.41, 5.74) is 1.86. The van der Waals surface area contributed by atoms with Gasteiger partial charge in [-0.2, -0.15) is 9.47 Å². The summed E-state index contributed by atoms with van der Waals surface area (Å²) in [6.07, 6.45) is -0.584. The van der Waals surface area contributed by atoms with Crippen LogP contribution in [0.1, 0.15) is 22.8 Å². The molecule has 0 aliphatic rings. The molecule has 0 radical (unpaired) electrons. The van der Waals surface area contributed by atoms with Crippen molar-refractivity contribution >= 4 is 28.8 Å². The second-order valence-corrected chi connectivity index (χ2v) is 7.19. The minimum Gasteiger partial charge on any atom is -0.406 e. The van der Waals surface area contributed by atoms with Gasteiger partial charge in [0.15, 0.2) is 11.6 Å². The van der Waals surface area contributed by atoms with Crippen LogP contribution >= 0.6 is 11.5 Å². The molecule has 0 saturated heterocycles. The van der Waals surface area contributed by atoms with Gasteiger partial charge in [-0.05, 0) is 31.5 Å². The molecule has 1 aromatic carbocycles. The topological polar surface area (TPSA) is 125 Å². The fourth-order valence-electron chi connectivity index (χ4n) is 2.47. The molecule has 2 aromatic heterocycles. The number of H-pyrrole nitrogens is 1. The van der Waals surface area contributed by atoms with Crippen LogP contribution in [0.3, 0.4) is 0 Å². The molecule has 0 aliphatic carbocycles. The van der Waals surface area contributed by atoms with Gasteiger partial charge < -0.3 is 15.0 Å². The quantitative estimate of drug-likeness (QED) is 0.549. The Morgan fingerprint density at radius 1 is 1.33 bits per heavy atom. The predicted molar refractivity (Wildman–Crippen MR) is 108 cm³/mol. The third kappa shape index (κ3) is 5.50. The predicted octanol–water partition coefficient (Wildman–Crippen LogP) is 2.97. The summed E-state index contributed by atoms with van der Waals surface area (Å²) in [5, 5.41) is 12.1. The van der Waals surface area contributed by atoms with Gasteiger partial charge >= 0.3 is 12.1 Å². The van der Waals surface area contributed by atoms with Gasteiger partial charge in [0.05, 0.1) is 12.2 Å². The largest absolute Gasteiger partial charge is 0.415 e. The first-order valence-electron chi connectivity index (χ1n) is 8.88. The molecule has 0 unspecified atom stereocenters. The van der Waals surface area contributed by atoms with Crippen LogP contribution in [0, 0.1) is 19.7 Å². The summed E-state index contributed by atoms with van der Waals surface area (Å²) < 4.78 is 22.6. The number of carbonyl (C=O) groups excluding carboxylic acids is 2. The zero-order chi connectivity index (χ0) is 21.7. The van der Waals surface area contributed by atoms with Crippen LogP contribution in [-0.4, -0.2) is 43.6 Å². The van der Waals surface area contributed by atoms with Crippen LogP contribution in [0.4, 0.5) is 19.1 Å². The number of halogens is 1. The Hall–Kier alpha value is -3.54. The SMILES string of the molecule is Cc1n[nH]c(C)c1OC(=O)N(C)Cc1nsc(NC(=O)NCc2cccc(F)c2)n1. The Balaban J connectivity index is 1.49. The molecule has 3 amide bonds. The molecule has 0 aliphatic heterocycles. The molecule has 3 N–H and O–H groups in total. The third-order valence-electron chi connectivity index (χ3n) is 3.97. The van der Waals surface area contributed by atoms with Crippen molar-refractivity contribution in [2.45, 2.75) is 26.9 Å². The Morgan fingerprint density at radius 3 is 2.83 bits per heavy atom. The molecular formula is C18H20FN7O3S. The highest BCUT2D eigenvalue weighted by molar-refractivity contribution is 7.09. The van der Waals surface area contributed by atoms with Crippen molar-refractivity contribution in [3.8, 4) is 5.75 Å². The number of hydrogen-bond donors (Lipinski definition) is 3. The number of aryl methyl sites for hydroxylation is 2. The Morgan fingerprint density at radius 2 is 2.13 bits per heavy atom. The molecule has 2 heterocycles. The number of benzene rings is 1. The molecular weight excluding hydrogens is 413 g/mol. The fourth-order valence-corrected chi connectivity index (χ4v) is 3.05. The number of nitrogens with one attached hydrogen (secondary N) is 3. The van der Waals surface area contributed by atoms with Gasteiger partial charge in [-0.3, -0.25) is 10.4 Å². The van der Waals surface area contributed by atoms with Crippen LogP contribution in [0.5, 0.6) is 5.75 Å². The smallest absolute Gasteiger partial charge is 0.406 e. The maximum atomic E-state index is 13.2. The molecule has 0 spiro atoms. The minimum absolute atomic E-state index is 0.0951. The summed E-state index contributed by atoms with van der Waals surface area (Å²) in [7, 11) is 1.55. The number of urea groups is 1. The summed E-state index contributed by atoms with van der Waals surface area (Å²) >= 11 is 0.979. The second-order valence-electron chi connectivity index (χ2n) is 6.44. The first kappa shape index (κ1) is 21.2. The van der Waals surface area contributed by atoms with Crippen LogP contribution in [0.25, 0.3) is 0 Å². The van der Waals surface area contributed by atoms with Gasteiger partial charge in [-0.15, -0.1) is 0 Å². The minimum atomic E-state index is -0.584. The monoisotopic (exact) mass is 433 g/mol. The molecule has 3 rings (SSSR count). The van der Waals surface area contributed by atoms with Crippen LogP contribution in [0.15, 0.2) is 24.3 Å². The van der Waals surface area contributed by atoms with Gasteiger partial charge in [0.1, 0.15) is 11.5 Å². The summed E-state index contributed by atoms with van der Waals surface area (Å²) in [6.45, 7) is 3.74. The van der Waals surface area contributed by atoms with Crippen molar-refractivity contribution < 1.29 is 18.7 Å². The lowest BCUT2D eigenvalue weighted by molar-refractivity contribution is 0.159. The molecule has 0 atom stereocenters. The van der Waals surface area contributed by atoms with E-state index in [-0.39, 0.29) is 24.0 Å². The first-order chi connectivity index (χ1) is 14.3. The van der Waals surface area contributed by atoms with E-state index in [1.807, 2.05) is 0 Å².